The Morgan fingerprint density at radius 3 is 2.62 bits per heavy atom. The number of rotatable bonds is 5. The summed E-state index contributed by atoms with van der Waals surface area (Å²) < 4.78 is 10.6. The van der Waals surface area contributed by atoms with Crippen LogP contribution in [0, 0.1) is 0 Å². The third-order valence-corrected chi connectivity index (χ3v) is 3.67. The lowest BCUT2D eigenvalue weighted by Gasteiger charge is -2.09. The van der Waals surface area contributed by atoms with E-state index in [1.807, 2.05) is 12.1 Å². The number of amides is 1. The van der Waals surface area contributed by atoms with Gasteiger partial charge in [-0.2, -0.15) is 0 Å². The maximum absolute atomic E-state index is 11.9. The average Bonchev–Trinajstić information content (AvgIpc) is 3.09. The summed E-state index contributed by atoms with van der Waals surface area (Å²) in [4.78, 5) is 15.8. The Balaban J connectivity index is 1.56. The van der Waals surface area contributed by atoms with E-state index < -0.39 is 0 Å². The van der Waals surface area contributed by atoms with Crippen molar-refractivity contribution in [1.29, 1.82) is 0 Å². The Kier molecular flexibility index (Phi) is 5.03. The molecule has 0 bridgehead atoms. The van der Waals surface area contributed by atoms with Crippen molar-refractivity contribution in [3.63, 3.8) is 0 Å². The Hall–Kier alpha value is -2.50. The van der Waals surface area contributed by atoms with Crippen molar-refractivity contribution in [3.8, 4) is 17.1 Å². The van der Waals surface area contributed by atoms with Gasteiger partial charge in [-0.15, -0.1) is 0 Å². The largest absolute Gasteiger partial charge is 0.482 e. The van der Waals surface area contributed by atoms with Crippen LogP contribution in [0.2, 0.25) is 10.0 Å². The predicted molar refractivity (Wildman–Crippen MR) is 92.5 cm³/mol. The smallest absolute Gasteiger partial charge is 0.262 e. The Morgan fingerprint density at radius 1 is 1.17 bits per heavy atom. The summed E-state index contributed by atoms with van der Waals surface area (Å²) in [6, 6.07) is 12.0. The minimum absolute atomic E-state index is 0.162. The van der Waals surface area contributed by atoms with Gasteiger partial charge >= 0.3 is 0 Å². The number of ether oxygens (including phenoxy) is 1. The molecule has 0 fully saturated rings. The SMILES string of the molecule is O=C(COc1ccc(Cl)cc1Cl)Nc1ccc(-c2cnco2)cc1. The average molecular weight is 363 g/mol. The van der Waals surface area contributed by atoms with Crippen molar-refractivity contribution in [2.45, 2.75) is 0 Å². The number of hydrogen-bond acceptors (Lipinski definition) is 4. The molecule has 0 spiro atoms. The molecule has 3 rings (SSSR count). The van der Waals surface area contributed by atoms with Gasteiger partial charge < -0.3 is 14.5 Å². The van der Waals surface area contributed by atoms with E-state index in [2.05, 4.69) is 10.3 Å². The van der Waals surface area contributed by atoms with Gasteiger partial charge in [0.2, 0.25) is 0 Å². The van der Waals surface area contributed by atoms with Crippen LogP contribution in [-0.2, 0) is 4.79 Å². The summed E-state index contributed by atoms with van der Waals surface area (Å²) >= 11 is 11.8. The molecule has 0 atom stereocenters. The van der Waals surface area contributed by atoms with Gasteiger partial charge in [-0.1, -0.05) is 23.2 Å². The van der Waals surface area contributed by atoms with Crippen molar-refractivity contribution in [2.24, 2.45) is 0 Å². The van der Waals surface area contributed by atoms with Gasteiger partial charge in [0.05, 0.1) is 11.2 Å². The van der Waals surface area contributed by atoms with E-state index in [-0.39, 0.29) is 12.5 Å². The second kappa shape index (κ2) is 7.38. The van der Waals surface area contributed by atoms with Gasteiger partial charge in [0.1, 0.15) is 5.75 Å². The quantitative estimate of drug-likeness (QED) is 0.716. The number of nitrogens with zero attached hydrogens (tertiary/aromatic N) is 1. The van der Waals surface area contributed by atoms with E-state index in [9.17, 15) is 4.79 Å². The van der Waals surface area contributed by atoms with E-state index in [1.54, 1.807) is 36.5 Å². The molecule has 1 N–H and O–H groups in total. The van der Waals surface area contributed by atoms with Crippen LogP contribution in [0.3, 0.4) is 0 Å². The van der Waals surface area contributed by atoms with Gasteiger partial charge in [-0.3, -0.25) is 4.79 Å². The molecule has 24 heavy (non-hydrogen) atoms. The van der Waals surface area contributed by atoms with E-state index in [0.29, 0.717) is 27.2 Å². The highest BCUT2D eigenvalue weighted by Gasteiger charge is 2.08. The molecule has 0 aliphatic carbocycles. The zero-order valence-corrected chi connectivity index (χ0v) is 13.8. The molecule has 1 heterocycles. The fourth-order valence-corrected chi connectivity index (χ4v) is 2.47. The number of carbonyl (C=O) groups is 1. The fraction of sp³-hybridized carbons (Fsp3) is 0.0588. The molecule has 0 saturated heterocycles. The van der Waals surface area contributed by atoms with Crippen LogP contribution in [0.4, 0.5) is 5.69 Å². The lowest BCUT2D eigenvalue weighted by Crippen LogP contribution is -2.20. The Bertz CT molecular complexity index is 834. The van der Waals surface area contributed by atoms with E-state index >= 15 is 0 Å². The number of anilines is 1. The van der Waals surface area contributed by atoms with E-state index in [4.69, 9.17) is 32.4 Å². The molecule has 5 nitrogen and oxygen atoms in total. The third kappa shape index (κ3) is 4.07. The normalized spacial score (nSPS) is 10.4. The Labute approximate surface area is 148 Å². The molecule has 1 aromatic heterocycles. The summed E-state index contributed by atoms with van der Waals surface area (Å²) in [6.07, 6.45) is 2.99. The Morgan fingerprint density at radius 2 is 1.96 bits per heavy atom. The highest BCUT2D eigenvalue weighted by atomic mass is 35.5. The van der Waals surface area contributed by atoms with Crippen molar-refractivity contribution < 1.29 is 13.9 Å². The molecule has 0 radical (unpaired) electrons. The number of nitrogens with one attached hydrogen (secondary N) is 1. The number of hydrogen-bond donors (Lipinski definition) is 1. The number of oxazole rings is 1. The number of benzene rings is 2. The van der Waals surface area contributed by atoms with Crippen molar-refractivity contribution in [1.82, 2.24) is 4.98 Å². The molecule has 3 aromatic rings. The molecular formula is C17H12Cl2N2O3. The molecular weight excluding hydrogens is 351 g/mol. The van der Waals surface area contributed by atoms with Crippen LogP contribution < -0.4 is 10.1 Å². The first-order chi connectivity index (χ1) is 11.6. The lowest BCUT2D eigenvalue weighted by molar-refractivity contribution is -0.118. The van der Waals surface area contributed by atoms with Gasteiger partial charge in [0.15, 0.2) is 18.8 Å². The molecule has 2 aromatic carbocycles. The first kappa shape index (κ1) is 16.4. The molecule has 0 aliphatic rings. The topological polar surface area (TPSA) is 64.4 Å². The molecule has 7 heteroatoms. The number of aromatic nitrogens is 1. The van der Waals surface area contributed by atoms with Crippen LogP contribution in [0.25, 0.3) is 11.3 Å². The minimum Gasteiger partial charge on any atom is -0.482 e. The maximum Gasteiger partial charge on any atom is 0.262 e. The zero-order valence-electron chi connectivity index (χ0n) is 12.3. The second-order valence-corrected chi connectivity index (χ2v) is 5.70. The zero-order chi connectivity index (χ0) is 16.9. The van der Waals surface area contributed by atoms with Crippen molar-refractivity contribution in [3.05, 3.63) is 65.1 Å². The van der Waals surface area contributed by atoms with Gasteiger partial charge in [-0.25, -0.2) is 4.98 Å². The van der Waals surface area contributed by atoms with Crippen LogP contribution in [0.5, 0.6) is 5.75 Å². The minimum atomic E-state index is -0.298. The third-order valence-electron chi connectivity index (χ3n) is 3.14. The fourth-order valence-electron chi connectivity index (χ4n) is 2.01. The van der Waals surface area contributed by atoms with Gasteiger partial charge in [0.25, 0.3) is 5.91 Å². The van der Waals surface area contributed by atoms with Crippen LogP contribution in [0.1, 0.15) is 0 Å². The first-order valence-electron chi connectivity index (χ1n) is 6.98. The lowest BCUT2D eigenvalue weighted by atomic mass is 10.2. The van der Waals surface area contributed by atoms with Crippen LogP contribution in [0.15, 0.2) is 59.5 Å². The first-order valence-corrected chi connectivity index (χ1v) is 7.74. The maximum atomic E-state index is 11.9. The van der Waals surface area contributed by atoms with Crippen molar-refractivity contribution in [2.75, 3.05) is 11.9 Å². The number of carbonyl (C=O) groups excluding carboxylic acids is 1. The van der Waals surface area contributed by atoms with Gasteiger partial charge in [0, 0.05) is 16.3 Å². The summed E-state index contributed by atoms with van der Waals surface area (Å²) in [5.74, 6) is 0.763. The molecule has 0 saturated carbocycles. The number of halogens is 2. The van der Waals surface area contributed by atoms with Crippen LogP contribution in [-0.4, -0.2) is 17.5 Å². The molecule has 0 unspecified atom stereocenters. The monoisotopic (exact) mass is 362 g/mol. The summed E-state index contributed by atoms with van der Waals surface area (Å²) in [6.45, 7) is -0.162. The predicted octanol–water partition coefficient (Wildman–Crippen LogP) is 4.67. The molecule has 0 aliphatic heterocycles. The van der Waals surface area contributed by atoms with Gasteiger partial charge in [-0.05, 0) is 42.5 Å². The standard InChI is InChI=1S/C17H12Cl2N2O3/c18-12-3-6-15(14(19)7-12)23-9-17(22)21-13-4-1-11(2-5-13)16-8-20-10-24-16/h1-8,10H,9H2,(H,21,22). The van der Waals surface area contributed by atoms with Crippen LogP contribution >= 0.6 is 23.2 Å². The highest BCUT2D eigenvalue weighted by Crippen LogP contribution is 2.27. The van der Waals surface area contributed by atoms with E-state index in [1.165, 1.54) is 6.39 Å². The molecule has 1 amide bonds. The highest BCUT2D eigenvalue weighted by molar-refractivity contribution is 6.35. The summed E-state index contributed by atoms with van der Waals surface area (Å²) in [5.41, 5.74) is 1.52. The van der Waals surface area contributed by atoms with E-state index in [0.717, 1.165) is 5.56 Å². The molecule has 122 valence electrons. The summed E-state index contributed by atoms with van der Waals surface area (Å²) in [7, 11) is 0. The van der Waals surface area contributed by atoms with Crippen molar-refractivity contribution >= 4 is 34.8 Å². The summed E-state index contributed by atoms with van der Waals surface area (Å²) in [5, 5.41) is 3.59. The second-order valence-electron chi connectivity index (χ2n) is 4.85.